The number of thiophene rings is 1. The fourth-order valence-electron chi connectivity index (χ4n) is 7.62. The molecule has 2 aromatic heterocycles. The van der Waals surface area contributed by atoms with Crippen molar-refractivity contribution >= 4 is 70.2 Å². The van der Waals surface area contributed by atoms with Crippen LogP contribution in [0.3, 0.4) is 0 Å². The predicted molar refractivity (Wildman–Crippen MR) is 223 cm³/mol. The van der Waals surface area contributed by atoms with Crippen LogP contribution in [0.2, 0.25) is 0 Å². The zero-order valence-corrected chi connectivity index (χ0v) is 30.1. The first kappa shape index (κ1) is 31.1. The van der Waals surface area contributed by atoms with Gasteiger partial charge in [-0.05, 0) is 88.6 Å². The fraction of sp³-hybridized carbons (Fsp3) is 0.106. The summed E-state index contributed by atoms with van der Waals surface area (Å²) in [6.07, 6.45) is 16.7. The second-order valence-electron chi connectivity index (χ2n) is 13.7. The number of fused-ring (bicyclic) bond motifs is 4. The van der Waals surface area contributed by atoms with Gasteiger partial charge < -0.3 is 5.32 Å². The summed E-state index contributed by atoms with van der Waals surface area (Å²) >= 11 is 3.64. The van der Waals surface area contributed by atoms with Crippen LogP contribution in [0.25, 0.3) is 52.8 Å². The number of nitrogens with zero attached hydrogens (tertiary/aromatic N) is 2. The maximum absolute atomic E-state index is 5.29. The Morgan fingerprint density at radius 1 is 0.635 bits per heavy atom. The minimum Gasteiger partial charge on any atom is -0.359 e. The first-order valence-electron chi connectivity index (χ1n) is 18.0. The first-order chi connectivity index (χ1) is 25.7. The molecule has 0 bridgehead atoms. The van der Waals surface area contributed by atoms with Crippen LogP contribution in [-0.4, -0.2) is 16.9 Å². The average Bonchev–Trinajstić information content (AvgIpc) is 3.83. The van der Waals surface area contributed by atoms with Crippen molar-refractivity contribution in [3.05, 3.63) is 185 Å². The summed E-state index contributed by atoms with van der Waals surface area (Å²) in [7, 11) is 0. The van der Waals surface area contributed by atoms with Gasteiger partial charge in [-0.2, -0.15) is 0 Å². The van der Waals surface area contributed by atoms with Gasteiger partial charge in [0.1, 0.15) is 10.8 Å². The molecule has 2 aliphatic carbocycles. The number of para-hydroxylation sites is 1. The Bertz CT molecular complexity index is 2650. The Kier molecular flexibility index (Phi) is 7.89. The van der Waals surface area contributed by atoms with Crippen molar-refractivity contribution in [2.75, 3.05) is 0 Å². The Hall–Kier alpha value is -5.62. The molecule has 5 heteroatoms. The smallest absolute Gasteiger partial charge is 0.130 e. The number of benzene rings is 5. The largest absolute Gasteiger partial charge is 0.359 e. The summed E-state index contributed by atoms with van der Waals surface area (Å²) in [5.41, 5.74) is 10.8. The summed E-state index contributed by atoms with van der Waals surface area (Å²) < 4.78 is 3.89. The fourth-order valence-corrected chi connectivity index (χ4v) is 9.78. The molecule has 0 saturated carbocycles. The quantitative estimate of drug-likeness (QED) is 0.187. The molecule has 1 N–H and O–H groups in total. The van der Waals surface area contributed by atoms with E-state index < -0.39 is 0 Å². The highest BCUT2D eigenvalue weighted by Gasteiger charge is 2.25. The third-order valence-electron chi connectivity index (χ3n) is 10.5. The van der Waals surface area contributed by atoms with Crippen LogP contribution in [-0.2, 0) is 0 Å². The Morgan fingerprint density at radius 2 is 1.37 bits per heavy atom. The summed E-state index contributed by atoms with van der Waals surface area (Å²) in [5, 5.41) is 7.61. The molecule has 3 heterocycles. The number of thiazole rings is 1. The zero-order chi connectivity index (χ0) is 34.4. The van der Waals surface area contributed by atoms with E-state index in [2.05, 4.69) is 163 Å². The molecule has 7 aromatic rings. The lowest BCUT2D eigenvalue weighted by Gasteiger charge is -2.28. The molecule has 10 rings (SSSR count). The monoisotopic (exact) mass is 705 g/mol. The van der Waals surface area contributed by atoms with Crippen molar-refractivity contribution in [2.45, 2.75) is 31.2 Å². The van der Waals surface area contributed by atoms with Gasteiger partial charge in [0.05, 0.1) is 22.0 Å². The van der Waals surface area contributed by atoms with Gasteiger partial charge in [0.2, 0.25) is 0 Å². The lowest BCUT2D eigenvalue weighted by atomic mass is 9.87. The molecule has 0 radical (unpaired) electrons. The second-order valence-corrected chi connectivity index (χ2v) is 15.8. The Balaban J connectivity index is 0.967. The molecule has 250 valence electrons. The van der Waals surface area contributed by atoms with E-state index in [4.69, 9.17) is 9.98 Å². The van der Waals surface area contributed by atoms with E-state index >= 15 is 0 Å². The lowest BCUT2D eigenvalue weighted by molar-refractivity contribution is 0.782. The molecular formula is C47H35N3S2. The van der Waals surface area contributed by atoms with Crippen LogP contribution in [0, 0.1) is 0 Å². The van der Waals surface area contributed by atoms with Gasteiger partial charge in [-0.3, -0.25) is 0 Å². The van der Waals surface area contributed by atoms with Crippen molar-refractivity contribution in [3.63, 3.8) is 0 Å². The van der Waals surface area contributed by atoms with Crippen molar-refractivity contribution in [1.82, 2.24) is 10.3 Å². The van der Waals surface area contributed by atoms with Crippen LogP contribution in [0.4, 0.5) is 0 Å². The van der Waals surface area contributed by atoms with E-state index in [0.717, 1.165) is 46.9 Å². The van der Waals surface area contributed by atoms with Crippen LogP contribution < -0.4 is 5.32 Å². The molecule has 2 atom stereocenters. The maximum atomic E-state index is 5.29. The van der Waals surface area contributed by atoms with Crippen molar-refractivity contribution in [3.8, 4) is 11.1 Å². The number of hydrogen-bond donors (Lipinski definition) is 1. The maximum Gasteiger partial charge on any atom is 0.130 e. The number of amidine groups is 1. The van der Waals surface area contributed by atoms with E-state index in [1.165, 1.54) is 58.3 Å². The van der Waals surface area contributed by atoms with Gasteiger partial charge in [-0.15, -0.1) is 22.7 Å². The van der Waals surface area contributed by atoms with Gasteiger partial charge >= 0.3 is 0 Å². The molecule has 2 unspecified atom stereocenters. The van der Waals surface area contributed by atoms with E-state index in [9.17, 15) is 0 Å². The van der Waals surface area contributed by atoms with E-state index in [1.54, 1.807) is 11.3 Å². The number of aromatic nitrogens is 1. The SMILES string of the molecule is C1=CC(c2ccccc2)CC=C1C1C=C(c2ccc(-c3ccc4c(c3)sc3ccccc34)cc2)N=C(C2=CC=C(c3nc4ccccc4s3)CC2)N1. The van der Waals surface area contributed by atoms with E-state index in [1.807, 2.05) is 11.3 Å². The van der Waals surface area contributed by atoms with Gasteiger partial charge in [0.15, 0.2) is 0 Å². The summed E-state index contributed by atoms with van der Waals surface area (Å²) in [5.74, 6) is 1.36. The third kappa shape index (κ3) is 5.86. The summed E-state index contributed by atoms with van der Waals surface area (Å²) in [6.45, 7) is 0. The van der Waals surface area contributed by atoms with Crippen molar-refractivity contribution in [1.29, 1.82) is 0 Å². The molecule has 0 fully saturated rings. The highest BCUT2D eigenvalue weighted by molar-refractivity contribution is 7.25. The Morgan fingerprint density at radius 3 is 2.17 bits per heavy atom. The molecule has 5 aromatic carbocycles. The standard InChI is InChI=1S/C47H35N3S2/c1-2-8-30(9-3-1)31-14-18-33(19-15-31)41-29-42(49-46(48-41)35-22-24-36(25-23-35)47-50-40-11-5-7-13-44(40)52-47)34-20-16-32(17-21-34)37-26-27-39-38-10-4-6-12-43(38)51-45(39)28-37/h1-14,16-22,24,26-29,31,41H,15,23,25H2,(H,48,49). The molecule has 0 amide bonds. The van der Waals surface area contributed by atoms with E-state index in [0.29, 0.717) is 5.92 Å². The highest BCUT2D eigenvalue weighted by Crippen LogP contribution is 2.38. The minimum atomic E-state index is 0.0288. The van der Waals surface area contributed by atoms with Crippen LogP contribution >= 0.6 is 22.7 Å². The van der Waals surface area contributed by atoms with Crippen molar-refractivity contribution in [2.24, 2.45) is 4.99 Å². The molecule has 1 aliphatic heterocycles. The van der Waals surface area contributed by atoms with E-state index in [-0.39, 0.29) is 6.04 Å². The van der Waals surface area contributed by atoms with Crippen LogP contribution in [0.15, 0.2) is 174 Å². The molecule has 52 heavy (non-hydrogen) atoms. The number of nitrogens with one attached hydrogen (secondary N) is 1. The first-order valence-corrected chi connectivity index (χ1v) is 19.6. The predicted octanol–water partition coefficient (Wildman–Crippen LogP) is 12.5. The number of hydrogen-bond acceptors (Lipinski definition) is 5. The van der Waals surface area contributed by atoms with Gasteiger partial charge in [0.25, 0.3) is 0 Å². The molecule has 0 spiro atoms. The zero-order valence-electron chi connectivity index (χ0n) is 28.5. The minimum absolute atomic E-state index is 0.0288. The number of allylic oxidation sites excluding steroid dienone is 5. The van der Waals surface area contributed by atoms with Gasteiger partial charge in [0, 0.05) is 26.1 Å². The Labute approximate surface area is 311 Å². The second kappa shape index (κ2) is 13.2. The van der Waals surface area contributed by atoms with Gasteiger partial charge in [-0.1, -0.05) is 127 Å². The third-order valence-corrected chi connectivity index (χ3v) is 12.7. The number of rotatable bonds is 6. The average molecular weight is 706 g/mol. The molecule has 0 saturated heterocycles. The molecule has 3 nitrogen and oxygen atoms in total. The summed E-state index contributed by atoms with van der Waals surface area (Å²) in [6, 6.07) is 43.7. The summed E-state index contributed by atoms with van der Waals surface area (Å²) in [4.78, 5) is 10.2. The van der Waals surface area contributed by atoms with Gasteiger partial charge in [-0.25, -0.2) is 9.98 Å². The molecular weight excluding hydrogens is 671 g/mol. The number of aliphatic imine (C=N–C) groups is 1. The topological polar surface area (TPSA) is 37.3 Å². The van der Waals surface area contributed by atoms with Crippen molar-refractivity contribution < 1.29 is 0 Å². The lowest BCUT2D eigenvalue weighted by Crippen LogP contribution is -2.38. The van der Waals surface area contributed by atoms with Crippen LogP contribution in [0.5, 0.6) is 0 Å². The molecule has 3 aliphatic rings. The highest BCUT2D eigenvalue weighted by atomic mass is 32.1. The van der Waals surface area contributed by atoms with Crippen LogP contribution in [0.1, 0.15) is 41.3 Å². The normalized spacial score (nSPS) is 18.8.